The first-order chi connectivity index (χ1) is 11.1. The number of rotatable bonds is 4. The summed E-state index contributed by atoms with van der Waals surface area (Å²) in [5.74, 6) is 0. The number of thiazole rings is 1. The lowest BCUT2D eigenvalue weighted by atomic mass is 10.2. The molecule has 0 aliphatic rings. The van der Waals surface area contributed by atoms with E-state index in [-0.39, 0.29) is 6.04 Å². The summed E-state index contributed by atoms with van der Waals surface area (Å²) in [5, 5.41) is 8.93. The van der Waals surface area contributed by atoms with Crippen LogP contribution < -0.4 is 4.80 Å². The second kappa shape index (κ2) is 7.55. The van der Waals surface area contributed by atoms with E-state index in [2.05, 4.69) is 71.5 Å². The number of hydrogen-bond acceptors (Lipinski definition) is 4. The maximum Gasteiger partial charge on any atom is 0.206 e. The van der Waals surface area contributed by atoms with Crippen LogP contribution in [0.1, 0.15) is 19.4 Å². The minimum atomic E-state index is 0.239. The van der Waals surface area contributed by atoms with E-state index in [0.29, 0.717) is 0 Å². The second-order valence-corrected chi connectivity index (χ2v) is 8.13. The van der Waals surface area contributed by atoms with Gasteiger partial charge in [-0.3, -0.25) is 4.99 Å². The van der Waals surface area contributed by atoms with Gasteiger partial charge in [0.05, 0.1) is 16.8 Å². The first kappa shape index (κ1) is 16.6. The smallest absolute Gasteiger partial charge is 0.206 e. The predicted octanol–water partition coefficient (Wildman–Crippen LogP) is 5.07. The van der Waals surface area contributed by atoms with Crippen molar-refractivity contribution >= 4 is 51.5 Å². The van der Waals surface area contributed by atoms with Gasteiger partial charge >= 0.3 is 0 Å². The Hall–Kier alpha value is -1.25. The number of nitrogens with zero attached hydrogens (tertiary/aromatic N) is 3. The van der Waals surface area contributed by atoms with Gasteiger partial charge in [-0.2, -0.15) is 5.10 Å². The zero-order valence-electron chi connectivity index (χ0n) is 12.8. The van der Waals surface area contributed by atoms with E-state index in [9.17, 15) is 0 Å². The van der Waals surface area contributed by atoms with Gasteiger partial charge in [-0.25, -0.2) is 4.68 Å². The molecule has 3 aromatic rings. The number of halogens is 1. The highest BCUT2D eigenvalue weighted by atomic mass is 127. The third-order valence-electron chi connectivity index (χ3n) is 3.05. The summed E-state index contributed by atoms with van der Waals surface area (Å²) in [7, 11) is 0. The van der Waals surface area contributed by atoms with Crippen LogP contribution in [0.3, 0.4) is 0 Å². The third kappa shape index (κ3) is 3.99. The number of thiophene rings is 1. The van der Waals surface area contributed by atoms with E-state index in [1.807, 2.05) is 23.0 Å². The summed E-state index contributed by atoms with van der Waals surface area (Å²) in [4.78, 5) is 6.82. The molecule has 2 heterocycles. The summed E-state index contributed by atoms with van der Waals surface area (Å²) in [5.41, 5.74) is 2.20. The molecule has 0 amide bonds. The molecule has 2 aromatic heterocycles. The average molecular weight is 453 g/mol. The molecular formula is C17H16IN3S2. The van der Waals surface area contributed by atoms with Crippen molar-refractivity contribution in [1.29, 1.82) is 0 Å². The van der Waals surface area contributed by atoms with Crippen molar-refractivity contribution in [1.82, 2.24) is 4.68 Å². The molecule has 0 saturated heterocycles. The molecule has 0 bridgehead atoms. The Labute approximate surface area is 157 Å². The molecule has 3 rings (SSSR count). The van der Waals surface area contributed by atoms with Gasteiger partial charge in [0.1, 0.15) is 0 Å². The van der Waals surface area contributed by atoms with Crippen LogP contribution in [0, 0.1) is 3.57 Å². The standard InChI is InChI=1S/C17H16IN3S2/c1-12(2)20-17-21(15(11-23-17)16-8-5-9-22-16)19-10-13-6-3-4-7-14(13)18/h3-12H,1-2H3. The molecule has 0 atom stereocenters. The average Bonchev–Trinajstić information content (AvgIpc) is 3.15. The maximum atomic E-state index is 4.72. The lowest BCUT2D eigenvalue weighted by Crippen LogP contribution is -2.14. The van der Waals surface area contributed by atoms with Gasteiger partial charge in [-0.05, 0) is 54.0 Å². The van der Waals surface area contributed by atoms with Crippen molar-refractivity contribution in [2.24, 2.45) is 10.1 Å². The molecule has 0 unspecified atom stereocenters. The van der Waals surface area contributed by atoms with E-state index < -0.39 is 0 Å². The Balaban J connectivity index is 2.09. The Morgan fingerprint density at radius 1 is 1.13 bits per heavy atom. The lowest BCUT2D eigenvalue weighted by molar-refractivity contribution is 0.755. The van der Waals surface area contributed by atoms with Crippen molar-refractivity contribution in [3.05, 3.63) is 61.1 Å². The van der Waals surface area contributed by atoms with E-state index in [1.54, 1.807) is 22.7 Å². The topological polar surface area (TPSA) is 29.6 Å². The van der Waals surface area contributed by atoms with Crippen molar-refractivity contribution in [3.8, 4) is 10.6 Å². The van der Waals surface area contributed by atoms with Gasteiger partial charge in [0.2, 0.25) is 4.80 Å². The highest BCUT2D eigenvalue weighted by Crippen LogP contribution is 2.25. The molecule has 0 saturated carbocycles. The van der Waals surface area contributed by atoms with Crippen LogP contribution in [0.15, 0.2) is 57.3 Å². The molecule has 0 fully saturated rings. The number of aromatic nitrogens is 1. The quantitative estimate of drug-likeness (QED) is 0.390. The summed E-state index contributed by atoms with van der Waals surface area (Å²) in [6, 6.07) is 12.6. The van der Waals surface area contributed by atoms with Crippen LogP contribution in [0.25, 0.3) is 10.6 Å². The van der Waals surface area contributed by atoms with Crippen molar-refractivity contribution in [3.63, 3.8) is 0 Å². The van der Waals surface area contributed by atoms with Gasteiger partial charge in [0.15, 0.2) is 0 Å². The SMILES string of the molecule is CC(C)N=c1scc(-c2cccs2)n1N=Cc1ccccc1I. The molecular weight excluding hydrogens is 437 g/mol. The van der Waals surface area contributed by atoms with Crippen LogP contribution in [0.4, 0.5) is 0 Å². The highest BCUT2D eigenvalue weighted by Gasteiger charge is 2.08. The van der Waals surface area contributed by atoms with E-state index in [1.165, 1.54) is 8.45 Å². The summed E-state index contributed by atoms with van der Waals surface area (Å²) in [6.45, 7) is 4.16. The van der Waals surface area contributed by atoms with E-state index in [4.69, 9.17) is 10.1 Å². The van der Waals surface area contributed by atoms with Crippen LogP contribution >= 0.6 is 45.3 Å². The summed E-state index contributed by atoms with van der Waals surface area (Å²) >= 11 is 5.68. The fraction of sp³-hybridized carbons (Fsp3) is 0.176. The highest BCUT2D eigenvalue weighted by molar-refractivity contribution is 14.1. The number of hydrogen-bond donors (Lipinski definition) is 0. The monoisotopic (exact) mass is 453 g/mol. The van der Waals surface area contributed by atoms with Crippen LogP contribution in [-0.4, -0.2) is 16.9 Å². The van der Waals surface area contributed by atoms with Gasteiger partial charge in [-0.15, -0.1) is 22.7 Å². The molecule has 0 N–H and O–H groups in total. The lowest BCUT2D eigenvalue weighted by Gasteiger charge is -2.02. The van der Waals surface area contributed by atoms with Crippen LogP contribution in [0.2, 0.25) is 0 Å². The van der Waals surface area contributed by atoms with Gasteiger partial charge in [0, 0.05) is 20.6 Å². The molecule has 6 heteroatoms. The van der Waals surface area contributed by atoms with Crippen molar-refractivity contribution in [2.45, 2.75) is 19.9 Å². The Kier molecular flexibility index (Phi) is 5.45. The minimum Gasteiger partial charge on any atom is -0.255 e. The van der Waals surface area contributed by atoms with E-state index in [0.717, 1.165) is 16.1 Å². The molecule has 3 nitrogen and oxygen atoms in total. The Morgan fingerprint density at radius 3 is 2.65 bits per heavy atom. The van der Waals surface area contributed by atoms with Crippen LogP contribution in [0.5, 0.6) is 0 Å². The summed E-state index contributed by atoms with van der Waals surface area (Å²) < 4.78 is 3.13. The third-order valence-corrected chi connectivity index (χ3v) is 5.75. The molecule has 1 aromatic carbocycles. The molecule has 0 aliphatic heterocycles. The first-order valence-electron chi connectivity index (χ1n) is 7.22. The zero-order valence-corrected chi connectivity index (χ0v) is 16.6. The normalized spacial score (nSPS) is 12.6. The second-order valence-electron chi connectivity index (χ2n) is 5.18. The predicted molar refractivity (Wildman–Crippen MR) is 108 cm³/mol. The fourth-order valence-corrected chi connectivity index (χ4v) is 4.30. The molecule has 0 spiro atoms. The van der Waals surface area contributed by atoms with Crippen molar-refractivity contribution in [2.75, 3.05) is 0 Å². The van der Waals surface area contributed by atoms with Gasteiger partial charge in [0.25, 0.3) is 0 Å². The van der Waals surface area contributed by atoms with Gasteiger partial charge < -0.3 is 0 Å². The Bertz CT molecular complexity index is 873. The largest absolute Gasteiger partial charge is 0.255 e. The first-order valence-corrected chi connectivity index (χ1v) is 10.1. The number of benzene rings is 1. The van der Waals surface area contributed by atoms with Crippen molar-refractivity contribution < 1.29 is 0 Å². The zero-order chi connectivity index (χ0) is 16.2. The van der Waals surface area contributed by atoms with E-state index >= 15 is 0 Å². The molecule has 0 radical (unpaired) electrons. The molecule has 118 valence electrons. The summed E-state index contributed by atoms with van der Waals surface area (Å²) in [6.07, 6.45) is 1.91. The fourth-order valence-electron chi connectivity index (χ4n) is 2.02. The van der Waals surface area contributed by atoms with Crippen LogP contribution in [-0.2, 0) is 0 Å². The maximum absolute atomic E-state index is 4.72. The molecule has 23 heavy (non-hydrogen) atoms. The Morgan fingerprint density at radius 2 is 1.96 bits per heavy atom. The molecule has 0 aliphatic carbocycles. The minimum absolute atomic E-state index is 0.239. The van der Waals surface area contributed by atoms with Gasteiger partial charge in [-0.1, -0.05) is 24.3 Å².